The van der Waals surface area contributed by atoms with Gasteiger partial charge in [0.25, 0.3) is 5.91 Å². The van der Waals surface area contributed by atoms with Crippen LogP contribution in [0.4, 0.5) is 5.00 Å². The first kappa shape index (κ1) is 21.2. The van der Waals surface area contributed by atoms with Crippen LogP contribution in [0.25, 0.3) is 0 Å². The molecule has 2 rings (SSSR count). The van der Waals surface area contributed by atoms with E-state index in [1.807, 2.05) is 0 Å². The maximum absolute atomic E-state index is 12.2. The van der Waals surface area contributed by atoms with Crippen molar-refractivity contribution in [2.75, 3.05) is 32.8 Å². The number of anilines is 1. The zero-order valence-corrected chi connectivity index (χ0v) is 16.8. The van der Waals surface area contributed by atoms with Crippen molar-refractivity contribution in [1.29, 1.82) is 0 Å². The zero-order chi connectivity index (χ0) is 20.7. The molecule has 0 aliphatic carbocycles. The summed E-state index contributed by atoms with van der Waals surface area (Å²) in [5, 5.41) is 3.06. The second-order valence-corrected chi connectivity index (χ2v) is 6.59. The van der Waals surface area contributed by atoms with Crippen molar-refractivity contribution >= 4 is 34.2 Å². The van der Waals surface area contributed by atoms with E-state index in [-0.39, 0.29) is 17.9 Å². The van der Waals surface area contributed by atoms with Crippen molar-refractivity contribution in [2.45, 2.75) is 13.8 Å². The monoisotopic (exact) mass is 407 g/mol. The number of esters is 2. The summed E-state index contributed by atoms with van der Waals surface area (Å²) < 4.78 is 20.2. The third-order valence-corrected chi connectivity index (χ3v) is 4.74. The van der Waals surface area contributed by atoms with Crippen LogP contribution in [0.3, 0.4) is 0 Å². The molecule has 0 aliphatic heterocycles. The first-order chi connectivity index (χ1) is 13.4. The van der Waals surface area contributed by atoms with Crippen LogP contribution >= 0.6 is 11.3 Å². The van der Waals surface area contributed by atoms with Gasteiger partial charge in [0.1, 0.15) is 21.9 Å². The van der Waals surface area contributed by atoms with Crippen LogP contribution in [0.2, 0.25) is 0 Å². The van der Waals surface area contributed by atoms with E-state index >= 15 is 0 Å². The van der Waals surface area contributed by atoms with Crippen molar-refractivity contribution in [3.63, 3.8) is 0 Å². The second-order valence-electron chi connectivity index (χ2n) is 5.53. The second kappa shape index (κ2) is 9.75. The Morgan fingerprint density at radius 2 is 1.79 bits per heavy atom. The van der Waals surface area contributed by atoms with Crippen molar-refractivity contribution in [3.8, 4) is 11.5 Å². The highest BCUT2D eigenvalue weighted by molar-refractivity contribution is 7.18. The molecule has 9 heteroatoms. The average Bonchev–Trinajstić information content (AvgIpc) is 3.05. The zero-order valence-electron chi connectivity index (χ0n) is 16.0. The molecule has 0 bridgehead atoms. The number of nitrogens with one attached hydrogen (secondary N) is 1. The Morgan fingerprint density at radius 1 is 1.04 bits per heavy atom. The molecular weight excluding hydrogens is 386 g/mol. The molecule has 0 atom stereocenters. The van der Waals surface area contributed by atoms with Gasteiger partial charge in [-0.15, -0.1) is 11.3 Å². The van der Waals surface area contributed by atoms with Gasteiger partial charge < -0.3 is 24.3 Å². The van der Waals surface area contributed by atoms with E-state index in [1.54, 1.807) is 32.0 Å². The summed E-state index contributed by atoms with van der Waals surface area (Å²) in [5.74, 6) is -0.875. The van der Waals surface area contributed by atoms with Crippen LogP contribution in [-0.2, 0) is 14.3 Å². The number of carbonyl (C=O) groups excluding carboxylic acids is 3. The highest BCUT2D eigenvalue weighted by Crippen LogP contribution is 2.28. The first-order valence-corrected chi connectivity index (χ1v) is 9.17. The Morgan fingerprint density at radius 3 is 2.43 bits per heavy atom. The largest absolute Gasteiger partial charge is 0.497 e. The fourth-order valence-electron chi connectivity index (χ4n) is 2.29. The fraction of sp³-hybridized carbons (Fsp3) is 0.316. The number of thiophene rings is 1. The van der Waals surface area contributed by atoms with Crippen LogP contribution in [-0.4, -0.2) is 45.3 Å². The van der Waals surface area contributed by atoms with Gasteiger partial charge in [0.05, 0.1) is 25.8 Å². The van der Waals surface area contributed by atoms with Gasteiger partial charge in [0.15, 0.2) is 6.61 Å². The SMILES string of the molecule is CCOC(=O)c1sc(NC(=O)COC(=O)c2ccc(OC)cc2OC)cc1C. The minimum absolute atomic E-state index is 0.174. The minimum Gasteiger partial charge on any atom is -0.497 e. The number of carbonyl (C=O) groups is 3. The van der Waals surface area contributed by atoms with Crippen molar-refractivity contribution in [1.82, 2.24) is 0 Å². The fourth-order valence-corrected chi connectivity index (χ4v) is 3.28. The van der Waals surface area contributed by atoms with Gasteiger partial charge in [-0.3, -0.25) is 4.79 Å². The molecule has 0 spiro atoms. The van der Waals surface area contributed by atoms with Crippen molar-refractivity contribution in [2.24, 2.45) is 0 Å². The van der Waals surface area contributed by atoms with E-state index in [9.17, 15) is 14.4 Å². The van der Waals surface area contributed by atoms with Crippen molar-refractivity contribution in [3.05, 3.63) is 40.3 Å². The van der Waals surface area contributed by atoms with Gasteiger partial charge in [-0.25, -0.2) is 9.59 Å². The Balaban J connectivity index is 1.97. The number of benzene rings is 1. The number of hydrogen-bond acceptors (Lipinski definition) is 8. The summed E-state index contributed by atoms with van der Waals surface area (Å²) >= 11 is 1.10. The molecule has 8 nitrogen and oxygen atoms in total. The summed E-state index contributed by atoms with van der Waals surface area (Å²) in [6, 6.07) is 6.28. The summed E-state index contributed by atoms with van der Waals surface area (Å²) in [7, 11) is 2.91. The number of ether oxygens (including phenoxy) is 4. The van der Waals surface area contributed by atoms with E-state index in [0.717, 1.165) is 11.3 Å². The van der Waals surface area contributed by atoms with Crippen molar-refractivity contribution < 1.29 is 33.3 Å². The first-order valence-electron chi connectivity index (χ1n) is 8.36. The van der Waals surface area contributed by atoms with E-state index in [1.165, 1.54) is 20.3 Å². The summed E-state index contributed by atoms with van der Waals surface area (Å²) in [6.45, 7) is 3.24. The van der Waals surface area contributed by atoms with Gasteiger partial charge in [-0.2, -0.15) is 0 Å². The van der Waals surface area contributed by atoms with Gasteiger partial charge in [0, 0.05) is 6.07 Å². The maximum Gasteiger partial charge on any atom is 0.348 e. The minimum atomic E-state index is -0.704. The molecule has 1 heterocycles. The van der Waals surface area contributed by atoms with E-state index in [0.29, 0.717) is 21.2 Å². The van der Waals surface area contributed by atoms with Crippen LogP contribution < -0.4 is 14.8 Å². The molecule has 2 aromatic rings. The number of methoxy groups -OCH3 is 2. The van der Waals surface area contributed by atoms with Gasteiger partial charge in [0.2, 0.25) is 0 Å². The lowest BCUT2D eigenvalue weighted by Crippen LogP contribution is -2.20. The molecular formula is C19H21NO7S. The van der Waals surface area contributed by atoms with Crippen LogP contribution in [0.1, 0.15) is 32.5 Å². The smallest absolute Gasteiger partial charge is 0.348 e. The van der Waals surface area contributed by atoms with Crippen LogP contribution in [0.15, 0.2) is 24.3 Å². The number of rotatable bonds is 8. The number of amides is 1. The predicted octanol–water partition coefficient (Wildman–Crippen LogP) is 3.05. The van der Waals surface area contributed by atoms with Gasteiger partial charge >= 0.3 is 11.9 Å². The van der Waals surface area contributed by atoms with Crippen LogP contribution in [0, 0.1) is 6.92 Å². The molecule has 1 amide bonds. The lowest BCUT2D eigenvalue weighted by molar-refractivity contribution is -0.119. The molecule has 0 aliphatic rings. The Kier molecular flexibility index (Phi) is 7.39. The molecule has 0 saturated heterocycles. The standard InChI is InChI=1S/C19H21NO7S/c1-5-26-19(23)17-11(2)8-16(28-17)20-15(21)10-27-18(22)13-7-6-12(24-3)9-14(13)25-4/h6-9H,5,10H2,1-4H3,(H,20,21). The molecule has 0 saturated carbocycles. The lowest BCUT2D eigenvalue weighted by Gasteiger charge is -2.10. The molecule has 28 heavy (non-hydrogen) atoms. The normalized spacial score (nSPS) is 10.1. The summed E-state index contributed by atoms with van der Waals surface area (Å²) in [6.07, 6.45) is 0. The quantitative estimate of drug-likeness (QED) is 0.671. The predicted molar refractivity (Wildman–Crippen MR) is 103 cm³/mol. The Bertz CT molecular complexity index is 875. The van der Waals surface area contributed by atoms with E-state index in [2.05, 4.69) is 5.32 Å². The number of aryl methyl sites for hydroxylation is 1. The van der Waals surface area contributed by atoms with E-state index < -0.39 is 24.5 Å². The summed E-state index contributed by atoms with van der Waals surface area (Å²) in [4.78, 5) is 36.5. The third kappa shape index (κ3) is 5.23. The molecule has 1 aromatic heterocycles. The molecule has 150 valence electrons. The lowest BCUT2D eigenvalue weighted by atomic mass is 10.2. The number of hydrogen-bond donors (Lipinski definition) is 1. The Labute approximate surface area is 166 Å². The summed E-state index contributed by atoms with van der Waals surface area (Å²) in [5.41, 5.74) is 0.867. The molecule has 0 fully saturated rings. The topological polar surface area (TPSA) is 100 Å². The highest BCUT2D eigenvalue weighted by Gasteiger charge is 2.18. The van der Waals surface area contributed by atoms with Gasteiger partial charge in [-0.05, 0) is 37.6 Å². The Hall–Kier alpha value is -3.07. The highest BCUT2D eigenvalue weighted by atomic mass is 32.1. The third-order valence-electron chi connectivity index (χ3n) is 3.60. The van der Waals surface area contributed by atoms with Crippen LogP contribution in [0.5, 0.6) is 11.5 Å². The average molecular weight is 407 g/mol. The maximum atomic E-state index is 12.2. The van der Waals surface area contributed by atoms with Gasteiger partial charge in [-0.1, -0.05) is 0 Å². The molecule has 0 unspecified atom stereocenters. The van der Waals surface area contributed by atoms with E-state index in [4.69, 9.17) is 18.9 Å². The molecule has 0 radical (unpaired) electrons. The molecule has 1 aromatic carbocycles. The molecule has 1 N–H and O–H groups in total.